The molecule has 66 valence electrons. The van der Waals surface area contributed by atoms with Gasteiger partial charge in [0.1, 0.15) is 0 Å². The van der Waals surface area contributed by atoms with Crippen molar-refractivity contribution in [2.24, 2.45) is 0 Å². The molecule has 0 bridgehead atoms. The summed E-state index contributed by atoms with van der Waals surface area (Å²) in [4.78, 5) is 0. The second kappa shape index (κ2) is 3.52. The monoisotopic (exact) mass is 256 g/mol. The Morgan fingerprint density at radius 1 is 1.38 bits per heavy atom. The maximum atomic E-state index is 6.05. The van der Waals surface area contributed by atoms with Crippen LogP contribution in [0, 0.1) is 0 Å². The number of hydrogen-bond acceptors (Lipinski definition) is 1. The lowest BCUT2D eigenvalue weighted by Crippen LogP contribution is -1.78. The zero-order valence-electron chi connectivity index (χ0n) is 6.59. The highest BCUT2D eigenvalue weighted by Gasteiger charge is 2.07. The highest BCUT2D eigenvalue weighted by molar-refractivity contribution is 9.10. The lowest BCUT2D eigenvalue weighted by Gasteiger charge is -2.02. The number of aromatic nitrogens is 2. The molecule has 1 heterocycles. The second-order valence-corrected chi connectivity index (χ2v) is 3.85. The van der Waals surface area contributed by atoms with E-state index in [1.165, 1.54) is 0 Å². The third kappa shape index (κ3) is 1.62. The minimum Gasteiger partial charge on any atom is -0.285 e. The van der Waals surface area contributed by atoms with Crippen LogP contribution in [0.4, 0.5) is 0 Å². The van der Waals surface area contributed by atoms with Crippen molar-refractivity contribution in [1.82, 2.24) is 10.2 Å². The van der Waals surface area contributed by atoms with Gasteiger partial charge in [0.05, 0.1) is 6.20 Å². The first-order valence-corrected chi connectivity index (χ1v) is 4.89. The first kappa shape index (κ1) is 8.78. The molecule has 0 saturated carbocycles. The van der Waals surface area contributed by atoms with E-state index in [-0.39, 0.29) is 0 Å². The molecule has 0 atom stereocenters. The van der Waals surface area contributed by atoms with E-state index in [2.05, 4.69) is 26.1 Å². The van der Waals surface area contributed by atoms with Crippen LogP contribution in [-0.4, -0.2) is 10.2 Å². The predicted molar refractivity (Wildman–Crippen MR) is 56.7 cm³/mol. The van der Waals surface area contributed by atoms with Crippen LogP contribution in [0.3, 0.4) is 0 Å². The molecule has 1 aromatic carbocycles. The molecule has 0 fully saturated rings. The van der Waals surface area contributed by atoms with E-state index in [9.17, 15) is 0 Å². The molecule has 1 N–H and O–H groups in total. The number of halogens is 2. The zero-order chi connectivity index (χ0) is 9.26. The Morgan fingerprint density at radius 2 is 2.23 bits per heavy atom. The number of hydrogen-bond donors (Lipinski definition) is 1. The lowest BCUT2D eigenvalue weighted by molar-refractivity contribution is 1.09. The zero-order valence-corrected chi connectivity index (χ0v) is 8.93. The summed E-state index contributed by atoms with van der Waals surface area (Å²) in [7, 11) is 0. The SMILES string of the molecule is Clc1cccc(Br)c1-c1cn[nH]c1. The van der Waals surface area contributed by atoms with Crippen LogP contribution in [0.1, 0.15) is 0 Å². The van der Waals surface area contributed by atoms with Gasteiger partial charge in [-0.3, -0.25) is 5.10 Å². The molecule has 2 nitrogen and oxygen atoms in total. The predicted octanol–water partition coefficient (Wildman–Crippen LogP) is 3.49. The Kier molecular flexibility index (Phi) is 2.38. The average molecular weight is 258 g/mol. The van der Waals surface area contributed by atoms with E-state index in [1.54, 1.807) is 6.20 Å². The quantitative estimate of drug-likeness (QED) is 0.832. The van der Waals surface area contributed by atoms with Gasteiger partial charge in [0, 0.05) is 26.8 Å². The van der Waals surface area contributed by atoms with Crippen LogP contribution in [0.5, 0.6) is 0 Å². The van der Waals surface area contributed by atoms with Gasteiger partial charge < -0.3 is 0 Å². The van der Waals surface area contributed by atoms with Gasteiger partial charge in [0.2, 0.25) is 0 Å². The maximum absolute atomic E-state index is 6.05. The Labute approximate surface area is 89.1 Å². The Bertz CT molecular complexity index is 391. The van der Waals surface area contributed by atoms with E-state index >= 15 is 0 Å². The van der Waals surface area contributed by atoms with Crippen LogP contribution >= 0.6 is 27.5 Å². The number of nitrogens with one attached hydrogen (secondary N) is 1. The molecule has 0 spiro atoms. The molecule has 1 aromatic heterocycles. The van der Waals surface area contributed by atoms with Crippen molar-refractivity contribution in [3.8, 4) is 11.1 Å². The second-order valence-electron chi connectivity index (χ2n) is 2.58. The van der Waals surface area contributed by atoms with Gasteiger partial charge in [-0.2, -0.15) is 5.10 Å². The van der Waals surface area contributed by atoms with Gasteiger partial charge in [-0.15, -0.1) is 0 Å². The van der Waals surface area contributed by atoms with Crippen LogP contribution < -0.4 is 0 Å². The third-order valence-corrected chi connectivity index (χ3v) is 2.73. The van der Waals surface area contributed by atoms with Crippen LogP contribution in [0.15, 0.2) is 35.1 Å². The van der Waals surface area contributed by atoms with Crippen molar-refractivity contribution < 1.29 is 0 Å². The van der Waals surface area contributed by atoms with Gasteiger partial charge in [-0.1, -0.05) is 33.6 Å². The van der Waals surface area contributed by atoms with Crippen molar-refractivity contribution in [3.05, 3.63) is 40.1 Å². The Morgan fingerprint density at radius 3 is 2.85 bits per heavy atom. The normalized spacial score (nSPS) is 10.3. The van der Waals surface area contributed by atoms with Crippen molar-refractivity contribution in [2.75, 3.05) is 0 Å². The molecule has 2 aromatic rings. The Balaban J connectivity index is 2.64. The third-order valence-electron chi connectivity index (χ3n) is 1.75. The fourth-order valence-electron chi connectivity index (χ4n) is 1.16. The van der Waals surface area contributed by atoms with E-state index in [0.29, 0.717) is 0 Å². The first-order valence-electron chi connectivity index (χ1n) is 3.72. The number of benzene rings is 1. The molecule has 4 heteroatoms. The van der Waals surface area contributed by atoms with Crippen LogP contribution in [0.2, 0.25) is 5.02 Å². The number of aromatic amines is 1. The van der Waals surface area contributed by atoms with Gasteiger partial charge in [0.25, 0.3) is 0 Å². The van der Waals surface area contributed by atoms with E-state index < -0.39 is 0 Å². The summed E-state index contributed by atoms with van der Waals surface area (Å²) in [5.41, 5.74) is 1.95. The summed E-state index contributed by atoms with van der Waals surface area (Å²) < 4.78 is 0.974. The number of nitrogens with zero attached hydrogens (tertiary/aromatic N) is 1. The van der Waals surface area contributed by atoms with Crippen molar-refractivity contribution in [3.63, 3.8) is 0 Å². The molecule has 0 aliphatic rings. The lowest BCUT2D eigenvalue weighted by atomic mass is 10.1. The topological polar surface area (TPSA) is 28.7 Å². The van der Waals surface area contributed by atoms with Gasteiger partial charge in [0.15, 0.2) is 0 Å². The largest absolute Gasteiger partial charge is 0.285 e. The number of H-pyrrole nitrogens is 1. The molecular formula is C9H6BrClN2. The molecule has 13 heavy (non-hydrogen) atoms. The molecule has 0 amide bonds. The van der Waals surface area contributed by atoms with E-state index in [4.69, 9.17) is 11.6 Å². The van der Waals surface area contributed by atoms with Crippen molar-refractivity contribution >= 4 is 27.5 Å². The number of rotatable bonds is 1. The highest BCUT2D eigenvalue weighted by Crippen LogP contribution is 2.33. The van der Waals surface area contributed by atoms with Crippen molar-refractivity contribution in [1.29, 1.82) is 0 Å². The summed E-state index contributed by atoms with van der Waals surface area (Å²) in [5, 5.41) is 7.35. The van der Waals surface area contributed by atoms with Gasteiger partial charge in [-0.05, 0) is 12.1 Å². The molecule has 0 aliphatic carbocycles. The molecule has 2 rings (SSSR count). The molecular weight excluding hydrogens is 251 g/mol. The van der Waals surface area contributed by atoms with Gasteiger partial charge in [-0.25, -0.2) is 0 Å². The molecule has 0 aliphatic heterocycles. The molecule has 0 unspecified atom stereocenters. The Hall–Kier alpha value is -0.800. The maximum Gasteiger partial charge on any atom is 0.0566 e. The molecule has 0 saturated heterocycles. The van der Waals surface area contributed by atoms with Crippen LogP contribution in [-0.2, 0) is 0 Å². The summed E-state index contributed by atoms with van der Waals surface area (Å²) in [5.74, 6) is 0. The summed E-state index contributed by atoms with van der Waals surface area (Å²) in [6, 6.07) is 5.71. The standard InChI is InChI=1S/C9H6BrClN2/c10-7-2-1-3-8(11)9(7)6-4-12-13-5-6/h1-5H,(H,12,13). The van der Waals surface area contributed by atoms with Crippen LogP contribution in [0.25, 0.3) is 11.1 Å². The van der Waals surface area contributed by atoms with Gasteiger partial charge >= 0.3 is 0 Å². The van der Waals surface area contributed by atoms with Crippen molar-refractivity contribution in [2.45, 2.75) is 0 Å². The minimum absolute atomic E-state index is 0.718. The summed E-state index contributed by atoms with van der Waals surface area (Å²) in [6.45, 7) is 0. The van der Waals surface area contributed by atoms with E-state index in [1.807, 2.05) is 24.4 Å². The summed E-state index contributed by atoms with van der Waals surface area (Å²) in [6.07, 6.45) is 3.55. The smallest absolute Gasteiger partial charge is 0.0566 e. The average Bonchev–Trinajstić information content (AvgIpc) is 2.57. The first-order chi connectivity index (χ1) is 6.29. The highest BCUT2D eigenvalue weighted by atomic mass is 79.9. The van der Waals surface area contributed by atoms with E-state index in [0.717, 1.165) is 20.6 Å². The minimum atomic E-state index is 0.718. The fraction of sp³-hybridized carbons (Fsp3) is 0. The fourth-order valence-corrected chi connectivity index (χ4v) is 2.15. The summed E-state index contributed by atoms with van der Waals surface area (Å²) >= 11 is 9.49. The molecule has 0 radical (unpaired) electrons.